The second-order valence-corrected chi connectivity index (χ2v) is 7.61. The number of morpholine rings is 1. The quantitative estimate of drug-likeness (QED) is 0.749. The molecule has 0 aromatic heterocycles. The molecule has 1 atom stereocenters. The number of carbonyl (C=O) groups excluding carboxylic acids is 2. The molecule has 2 aliphatic heterocycles. The number of hydrogen-bond acceptors (Lipinski definition) is 4. The lowest BCUT2D eigenvalue weighted by Crippen LogP contribution is -2.37. The number of amides is 1. The van der Waals surface area contributed by atoms with Gasteiger partial charge in [-0.1, -0.05) is 18.2 Å². The molecule has 0 spiro atoms. The fraction of sp³-hybridized carbons (Fsp3) is 0.391. The summed E-state index contributed by atoms with van der Waals surface area (Å²) in [6, 6.07) is 15.8. The molecule has 2 aliphatic rings. The molecule has 146 valence electrons. The van der Waals surface area contributed by atoms with Crippen molar-refractivity contribution in [3.63, 3.8) is 0 Å². The monoisotopic (exact) mass is 378 g/mol. The summed E-state index contributed by atoms with van der Waals surface area (Å²) in [6.45, 7) is 5.47. The van der Waals surface area contributed by atoms with Crippen molar-refractivity contribution in [1.82, 2.24) is 0 Å². The predicted molar refractivity (Wildman–Crippen MR) is 110 cm³/mol. The molecule has 0 unspecified atom stereocenters. The van der Waals surface area contributed by atoms with Gasteiger partial charge in [-0.05, 0) is 55.2 Å². The van der Waals surface area contributed by atoms with Gasteiger partial charge < -0.3 is 14.5 Å². The van der Waals surface area contributed by atoms with E-state index >= 15 is 0 Å². The lowest BCUT2D eigenvalue weighted by atomic mass is 9.94. The Labute approximate surface area is 165 Å². The molecular weight excluding hydrogens is 352 g/mol. The standard InChI is InChI=1S/C23H26N2O3/c1-17(26)19-7-8-22(24-9-11-28-12-10-24)20(15-19)13-18-14-23(27)25(16-18)21-5-3-2-4-6-21/h2-8,15,18H,9-14,16H2,1H3/t18-/m0/s1. The van der Waals surface area contributed by atoms with Crippen molar-refractivity contribution < 1.29 is 14.3 Å². The number of anilines is 2. The molecule has 28 heavy (non-hydrogen) atoms. The predicted octanol–water partition coefficient (Wildman–Crippen LogP) is 3.32. The number of hydrogen-bond donors (Lipinski definition) is 0. The molecule has 5 heteroatoms. The third-order valence-corrected chi connectivity index (χ3v) is 5.62. The van der Waals surface area contributed by atoms with Gasteiger partial charge in [0.25, 0.3) is 0 Å². The van der Waals surface area contributed by atoms with Crippen LogP contribution in [-0.2, 0) is 16.0 Å². The Hall–Kier alpha value is -2.66. The van der Waals surface area contributed by atoms with E-state index in [0.29, 0.717) is 6.42 Å². The van der Waals surface area contributed by atoms with E-state index in [9.17, 15) is 9.59 Å². The van der Waals surface area contributed by atoms with E-state index in [1.54, 1.807) is 6.92 Å². The first-order valence-electron chi connectivity index (χ1n) is 9.94. The molecule has 0 N–H and O–H groups in total. The molecule has 2 fully saturated rings. The van der Waals surface area contributed by atoms with Crippen molar-refractivity contribution in [3.05, 3.63) is 59.7 Å². The molecular formula is C23H26N2O3. The van der Waals surface area contributed by atoms with Gasteiger partial charge >= 0.3 is 0 Å². The van der Waals surface area contributed by atoms with Crippen LogP contribution in [0.2, 0.25) is 0 Å². The molecule has 2 saturated heterocycles. The Balaban J connectivity index is 1.57. The Bertz CT molecular complexity index is 859. The lowest BCUT2D eigenvalue weighted by molar-refractivity contribution is -0.117. The van der Waals surface area contributed by atoms with Gasteiger partial charge in [0.1, 0.15) is 0 Å². The second kappa shape index (κ2) is 8.15. The van der Waals surface area contributed by atoms with Crippen molar-refractivity contribution in [2.24, 2.45) is 5.92 Å². The first-order valence-corrected chi connectivity index (χ1v) is 9.94. The maximum Gasteiger partial charge on any atom is 0.227 e. The SMILES string of the molecule is CC(=O)c1ccc(N2CCOCC2)c(C[C@H]2CC(=O)N(c3ccccc3)C2)c1. The Morgan fingerprint density at radius 3 is 2.57 bits per heavy atom. The zero-order valence-corrected chi connectivity index (χ0v) is 16.3. The van der Waals surface area contributed by atoms with Gasteiger partial charge in [0.2, 0.25) is 5.91 Å². The van der Waals surface area contributed by atoms with E-state index in [1.807, 2.05) is 47.4 Å². The van der Waals surface area contributed by atoms with E-state index in [4.69, 9.17) is 4.74 Å². The minimum atomic E-state index is 0.0724. The average molecular weight is 378 g/mol. The average Bonchev–Trinajstić information content (AvgIpc) is 3.09. The molecule has 0 saturated carbocycles. The third-order valence-electron chi connectivity index (χ3n) is 5.62. The number of carbonyl (C=O) groups is 2. The molecule has 0 radical (unpaired) electrons. The zero-order valence-electron chi connectivity index (χ0n) is 16.3. The number of ether oxygens (including phenoxy) is 1. The lowest BCUT2D eigenvalue weighted by Gasteiger charge is -2.31. The number of nitrogens with zero attached hydrogens (tertiary/aromatic N) is 2. The van der Waals surface area contributed by atoms with Gasteiger partial charge in [-0.25, -0.2) is 0 Å². The molecule has 2 heterocycles. The van der Waals surface area contributed by atoms with Crippen LogP contribution in [0.15, 0.2) is 48.5 Å². The maximum atomic E-state index is 12.6. The van der Waals surface area contributed by atoms with Gasteiger partial charge in [0.15, 0.2) is 5.78 Å². The summed E-state index contributed by atoms with van der Waals surface area (Å²) in [5.41, 5.74) is 4.01. The summed E-state index contributed by atoms with van der Waals surface area (Å²) in [5.74, 6) is 0.490. The van der Waals surface area contributed by atoms with Gasteiger partial charge in [0, 0.05) is 43.0 Å². The Morgan fingerprint density at radius 1 is 1.11 bits per heavy atom. The Morgan fingerprint density at radius 2 is 1.86 bits per heavy atom. The number of benzene rings is 2. The summed E-state index contributed by atoms with van der Waals surface area (Å²) >= 11 is 0. The van der Waals surface area contributed by atoms with Gasteiger partial charge in [-0.15, -0.1) is 0 Å². The largest absolute Gasteiger partial charge is 0.378 e. The highest BCUT2D eigenvalue weighted by Gasteiger charge is 2.31. The van der Waals surface area contributed by atoms with E-state index in [-0.39, 0.29) is 17.6 Å². The molecule has 4 rings (SSSR count). The summed E-state index contributed by atoms with van der Waals surface area (Å²) in [7, 11) is 0. The molecule has 1 amide bonds. The molecule has 2 aromatic carbocycles. The minimum absolute atomic E-state index is 0.0724. The topological polar surface area (TPSA) is 49.9 Å². The number of Topliss-reactive ketones (excluding diaryl/α,β-unsaturated/α-hetero) is 1. The van der Waals surface area contributed by atoms with Gasteiger partial charge in [-0.3, -0.25) is 9.59 Å². The van der Waals surface area contributed by atoms with Gasteiger partial charge in [0.05, 0.1) is 13.2 Å². The van der Waals surface area contributed by atoms with E-state index in [0.717, 1.165) is 56.1 Å². The fourth-order valence-corrected chi connectivity index (χ4v) is 4.17. The smallest absolute Gasteiger partial charge is 0.227 e. The van der Waals surface area contributed by atoms with Crippen molar-refractivity contribution in [1.29, 1.82) is 0 Å². The van der Waals surface area contributed by atoms with Crippen LogP contribution in [0.1, 0.15) is 29.3 Å². The van der Waals surface area contributed by atoms with Crippen molar-refractivity contribution in [2.45, 2.75) is 19.8 Å². The van der Waals surface area contributed by atoms with E-state index < -0.39 is 0 Å². The van der Waals surface area contributed by atoms with Crippen molar-refractivity contribution >= 4 is 23.1 Å². The van der Waals surface area contributed by atoms with Crippen LogP contribution in [0, 0.1) is 5.92 Å². The first kappa shape index (κ1) is 18.7. The number of ketones is 1. The van der Waals surface area contributed by atoms with Crippen LogP contribution < -0.4 is 9.80 Å². The highest BCUT2D eigenvalue weighted by atomic mass is 16.5. The summed E-state index contributed by atoms with van der Waals surface area (Å²) in [5, 5.41) is 0. The molecule has 2 aromatic rings. The van der Waals surface area contributed by atoms with E-state index in [1.165, 1.54) is 5.69 Å². The number of rotatable bonds is 5. The molecule has 5 nitrogen and oxygen atoms in total. The molecule has 0 bridgehead atoms. The van der Waals surface area contributed by atoms with Crippen LogP contribution in [-0.4, -0.2) is 44.5 Å². The second-order valence-electron chi connectivity index (χ2n) is 7.61. The summed E-state index contributed by atoms with van der Waals surface area (Å²) in [6.07, 6.45) is 1.34. The highest BCUT2D eigenvalue weighted by molar-refractivity contribution is 5.96. The molecule has 0 aliphatic carbocycles. The van der Waals surface area contributed by atoms with Crippen LogP contribution >= 0.6 is 0 Å². The third kappa shape index (κ3) is 3.94. The number of para-hydroxylation sites is 1. The van der Waals surface area contributed by atoms with E-state index in [2.05, 4.69) is 11.0 Å². The Kier molecular flexibility index (Phi) is 5.44. The van der Waals surface area contributed by atoms with Crippen LogP contribution in [0.4, 0.5) is 11.4 Å². The van der Waals surface area contributed by atoms with Crippen LogP contribution in [0.3, 0.4) is 0 Å². The summed E-state index contributed by atoms with van der Waals surface area (Å²) < 4.78 is 5.49. The van der Waals surface area contributed by atoms with Crippen LogP contribution in [0.25, 0.3) is 0 Å². The van der Waals surface area contributed by atoms with Crippen LogP contribution in [0.5, 0.6) is 0 Å². The first-order chi connectivity index (χ1) is 13.6. The van der Waals surface area contributed by atoms with Crippen molar-refractivity contribution in [3.8, 4) is 0 Å². The van der Waals surface area contributed by atoms with Crippen molar-refractivity contribution in [2.75, 3.05) is 42.6 Å². The minimum Gasteiger partial charge on any atom is -0.378 e. The van der Waals surface area contributed by atoms with Gasteiger partial charge in [-0.2, -0.15) is 0 Å². The maximum absolute atomic E-state index is 12.6. The highest BCUT2D eigenvalue weighted by Crippen LogP contribution is 2.31. The zero-order chi connectivity index (χ0) is 19.5. The fourth-order valence-electron chi connectivity index (χ4n) is 4.17. The summed E-state index contributed by atoms with van der Waals surface area (Å²) in [4.78, 5) is 28.7. The normalized spacial score (nSPS) is 19.9.